The van der Waals surface area contributed by atoms with E-state index in [1.807, 2.05) is 6.92 Å². The highest BCUT2D eigenvalue weighted by Crippen LogP contribution is 2.14. The van der Waals surface area contributed by atoms with Gasteiger partial charge in [0.2, 0.25) is 10.0 Å². The third-order valence-electron chi connectivity index (χ3n) is 1.45. The van der Waals surface area contributed by atoms with Gasteiger partial charge in [0.05, 0.1) is 17.6 Å². The molecule has 1 aromatic rings. The fraction of sp³-hybridized carbons (Fsp3) is 0.375. The van der Waals surface area contributed by atoms with E-state index in [0.717, 1.165) is 4.47 Å². The molecule has 0 fully saturated rings. The lowest BCUT2D eigenvalue weighted by atomic mass is 10.4. The lowest BCUT2D eigenvalue weighted by Crippen LogP contribution is -2.16. The Morgan fingerprint density at radius 2 is 2.21 bits per heavy atom. The van der Waals surface area contributed by atoms with Crippen LogP contribution >= 0.6 is 15.9 Å². The molecule has 0 aliphatic rings. The normalized spacial score (nSPS) is 11.3. The predicted molar refractivity (Wildman–Crippen MR) is 59.6 cm³/mol. The Morgan fingerprint density at radius 3 is 2.79 bits per heavy atom. The maximum Gasteiger partial charge on any atom is 0.232 e. The number of aromatic nitrogens is 1. The molecule has 4 nitrogen and oxygen atoms in total. The second-order valence-corrected chi connectivity index (χ2v) is 5.57. The highest BCUT2D eigenvalue weighted by Gasteiger charge is 2.08. The molecule has 1 heterocycles. The summed E-state index contributed by atoms with van der Waals surface area (Å²) in [5.41, 5.74) is 0.479. The van der Waals surface area contributed by atoms with E-state index in [1.54, 1.807) is 12.3 Å². The zero-order valence-electron chi connectivity index (χ0n) is 7.70. The number of sulfonamides is 1. The summed E-state index contributed by atoms with van der Waals surface area (Å²) in [5, 5.41) is 0. The van der Waals surface area contributed by atoms with E-state index in [2.05, 4.69) is 25.6 Å². The van der Waals surface area contributed by atoms with Gasteiger partial charge in [0.1, 0.15) is 0 Å². The zero-order valence-corrected chi connectivity index (χ0v) is 10.1. The number of hydrogen-bond acceptors (Lipinski definition) is 3. The molecule has 0 atom stereocenters. The molecule has 1 N–H and O–H groups in total. The second kappa shape index (κ2) is 4.75. The number of anilines is 1. The first kappa shape index (κ1) is 11.5. The summed E-state index contributed by atoms with van der Waals surface area (Å²) in [7, 11) is -3.21. The van der Waals surface area contributed by atoms with Crippen LogP contribution in [0, 0.1) is 0 Å². The van der Waals surface area contributed by atoms with Crippen LogP contribution < -0.4 is 4.72 Å². The summed E-state index contributed by atoms with van der Waals surface area (Å²) in [4.78, 5) is 3.85. The predicted octanol–water partition coefficient (Wildman–Crippen LogP) is 2.00. The van der Waals surface area contributed by atoms with Gasteiger partial charge in [-0.05, 0) is 28.4 Å². The van der Waals surface area contributed by atoms with Crippen LogP contribution in [0.15, 0.2) is 22.9 Å². The summed E-state index contributed by atoms with van der Waals surface area (Å²) in [6, 6.07) is 1.67. The zero-order chi connectivity index (χ0) is 10.6. The van der Waals surface area contributed by atoms with Gasteiger partial charge in [-0.2, -0.15) is 0 Å². The molecule has 0 radical (unpaired) electrons. The van der Waals surface area contributed by atoms with Gasteiger partial charge in [0.15, 0.2) is 0 Å². The molecule has 0 unspecified atom stereocenters. The van der Waals surface area contributed by atoms with Crippen LogP contribution in [0.5, 0.6) is 0 Å². The van der Waals surface area contributed by atoms with E-state index in [-0.39, 0.29) is 5.75 Å². The maximum absolute atomic E-state index is 11.4. The molecule has 14 heavy (non-hydrogen) atoms. The summed E-state index contributed by atoms with van der Waals surface area (Å²) in [5.74, 6) is 0.125. The van der Waals surface area contributed by atoms with Gasteiger partial charge in [-0.25, -0.2) is 8.42 Å². The fourth-order valence-electron chi connectivity index (χ4n) is 0.967. The van der Waals surface area contributed by atoms with E-state index in [0.29, 0.717) is 12.1 Å². The minimum atomic E-state index is -3.21. The van der Waals surface area contributed by atoms with E-state index in [9.17, 15) is 8.42 Å². The van der Waals surface area contributed by atoms with Crippen molar-refractivity contribution in [1.29, 1.82) is 0 Å². The Hall–Kier alpha value is -0.620. The highest BCUT2D eigenvalue weighted by atomic mass is 79.9. The van der Waals surface area contributed by atoms with Gasteiger partial charge < -0.3 is 0 Å². The monoisotopic (exact) mass is 278 g/mol. The molecular formula is C8H11BrN2O2S. The first-order chi connectivity index (χ1) is 6.53. The number of pyridine rings is 1. The van der Waals surface area contributed by atoms with E-state index in [1.165, 1.54) is 6.20 Å². The molecule has 78 valence electrons. The van der Waals surface area contributed by atoms with Crippen LogP contribution in [0.3, 0.4) is 0 Å². The van der Waals surface area contributed by atoms with Crippen molar-refractivity contribution in [3.05, 3.63) is 22.9 Å². The van der Waals surface area contributed by atoms with Crippen LogP contribution in [-0.2, 0) is 10.0 Å². The van der Waals surface area contributed by atoms with Crippen molar-refractivity contribution in [2.24, 2.45) is 0 Å². The quantitative estimate of drug-likeness (QED) is 0.917. The largest absolute Gasteiger partial charge is 0.282 e. The molecule has 0 aromatic carbocycles. The topological polar surface area (TPSA) is 59.1 Å². The van der Waals surface area contributed by atoms with Gasteiger partial charge in [-0.1, -0.05) is 6.92 Å². The van der Waals surface area contributed by atoms with Crippen LogP contribution in [-0.4, -0.2) is 19.2 Å². The molecule has 6 heteroatoms. The van der Waals surface area contributed by atoms with Crippen LogP contribution in [0.25, 0.3) is 0 Å². The molecule has 0 amide bonds. The number of rotatable bonds is 4. The van der Waals surface area contributed by atoms with E-state index < -0.39 is 10.0 Å². The fourth-order valence-corrected chi connectivity index (χ4v) is 2.44. The van der Waals surface area contributed by atoms with Crippen molar-refractivity contribution in [2.45, 2.75) is 13.3 Å². The number of halogens is 1. The Bertz CT molecular complexity index is 406. The van der Waals surface area contributed by atoms with E-state index >= 15 is 0 Å². The second-order valence-electron chi connectivity index (χ2n) is 2.81. The van der Waals surface area contributed by atoms with Gasteiger partial charge in [-0.15, -0.1) is 0 Å². The molecule has 1 rings (SSSR count). The maximum atomic E-state index is 11.4. The third-order valence-corrected chi connectivity index (χ3v) is 3.38. The SMILES string of the molecule is CCCS(=O)(=O)Nc1cncc(Br)c1. The smallest absolute Gasteiger partial charge is 0.232 e. The molecule has 1 aromatic heterocycles. The van der Waals surface area contributed by atoms with Gasteiger partial charge in [0.25, 0.3) is 0 Å². The summed E-state index contributed by atoms with van der Waals surface area (Å²) >= 11 is 3.21. The van der Waals surface area contributed by atoms with Crippen molar-refractivity contribution >= 4 is 31.6 Å². The number of hydrogen-bond donors (Lipinski definition) is 1. The van der Waals surface area contributed by atoms with Crippen molar-refractivity contribution in [3.63, 3.8) is 0 Å². The lowest BCUT2D eigenvalue weighted by molar-refractivity contribution is 0.600. The van der Waals surface area contributed by atoms with Crippen molar-refractivity contribution in [2.75, 3.05) is 10.5 Å². The molecule has 0 aliphatic heterocycles. The summed E-state index contributed by atoms with van der Waals surface area (Å²) in [6.45, 7) is 1.82. The van der Waals surface area contributed by atoms with Crippen molar-refractivity contribution in [3.8, 4) is 0 Å². The summed E-state index contributed by atoms with van der Waals surface area (Å²) < 4.78 is 25.9. The lowest BCUT2D eigenvalue weighted by Gasteiger charge is -2.05. The van der Waals surface area contributed by atoms with Crippen molar-refractivity contribution < 1.29 is 8.42 Å². The molecule has 0 saturated carbocycles. The third kappa shape index (κ3) is 3.63. The average molecular weight is 279 g/mol. The van der Waals surface area contributed by atoms with Gasteiger partial charge in [-0.3, -0.25) is 9.71 Å². The highest BCUT2D eigenvalue weighted by molar-refractivity contribution is 9.10. The van der Waals surface area contributed by atoms with E-state index in [4.69, 9.17) is 0 Å². The Balaban J connectivity index is 2.79. The number of nitrogens with zero attached hydrogens (tertiary/aromatic N) is 1. The summed E-state index contributed by atoms with van der Waals surface area (Å²) in [6.07, 6.45) is 3.66. The standard InChI is InChI=1S/C8H11BrN2O2S/c1-2-3-14(12,13)11-8-4-7(9)5-10-6-8/h4-6,11H,2-3H2,1H3. The average Bonchev–Trinajstić information content (AvgIpc) is 2.02. The Kier molecular flexibility index (Phi) is 3.88. The molecule has 0 aliphatic carbocycles. The molecule has 0 saturated heterocycles. The van der Waals surface area contributed by atoms with Gasteiger partial charge in [0, 0.05) is 10.7 Å². The Morgan fingerprint density at radius 1 is 1.50 bits per heavy atom. The minimum absolute atomic E-state index is 0.125. The van der Waals surface area contributed by atoms with Gasteiger partial charge >= 0.3 is 0 Å². The van der Waals surface area contributed by atoms with Crippen molar-refractivity contribution in [1.82, 2.24) is 4.98 Å². The van der Waals surface area contributed by atoms with Crippen LogP contribution in [0.1, 0.15) is 13.3 Å². The molecular weight excluding hydrogens is 268 g/mol. The minimum Gasteiger partial charge on any atom is -0.282 e. The first-order valence-electron chi connectivity index (χ1n) is 4.14. The molecule has 0 spiro atoms. The Labute approximate surface area is 91.9 Å². The van der Waals surface area contributed by atoms with Crippen LogP contribution in [0.2, 0.25) is 0 Å². The van der Waals surface area contributed by atoms with Crippen LogP contribution in [0.4, 0.5) is 5.69 Å². The first-order valence-corrected chi connectivity index (χ1v) is 6.59. The molecule has 0 bridgehead atoms. The number of nitrogens with one attached hydrogen (secondary N) is 1.